The van der Waals surface area contributed by atoms with Crippen LogP contribution in [0.3, 0.4) is 0 Å². The molecule has 1 rings (SSSR count). The third-order valence-corrected chi connectivity index (χ3v) is 2.28. The molecule has 2 unspecified atom stereocenters. The van der Waals surface area contributed by atoms with Gasteiger partial charge in [0, 0.05) is 6.04 Å². The number of carboxylic acid groups (broad SMARTS) is 1. The fraction of sp³-hybridized carbons (Fsp3) is 0.600. The molecule has 5 heteroatoms. The molecule has 15 heavy (non-hydrogen) atoms. The lowest BCUT2D eigenvalue weighted by Crippen LogP contribution is -2.39. The average Bonchev–Trinajstić information content (AvgIpc) is 2.63. The molecule has 5 nitrogen and oxygen atoms in total. The van der Waals surface area contributed by atoms with Gasteiger partial charge in [0.05, 0.1) is 12.5 Å². The number of carbonyl (C=O) groups excluding carboxylic acids is 1. The Hall–Kier alpha value is -1.36. The van der Waals surface area contributed by atoms with Crippen molar-refractivity contribution in [2.75, 3.05) is 13.1 Å². The molecule has 0 spiro atoms. The third-order valence-electron chi connectivity index (χ3n) is 2.28. The average molecular weight is 212 g/mol. The minimum Gasteiger partial charge on any atom is -0.481 e. The summed E-state index contributed by atoms with van der Waals surface area (Å²) in [5.41, 5.74) is 0. The highest BCUT2D eigenvalue weighted by Crippen LogP contribution is 2.17. The van der Waals surface area contributed by atoms with Crippen LogP contribution < -0.4 is 10.6 Å². The van der Waals surface area contributed by atoms with Crippen LogP contribution in [0.4, 0.5) is 0 Å². The Morgan fingerprint density at radius 3 is 2.73 bits per heavy atom. The Morgan fingerprint density at radius 1 is 1.47 bits per heavy atom. The van der Waals surface area contributed by atoms with Gasteiger partial charge in [-0.05, 0) is 13.0 Å². The lowest BCUT2D eigenvalue weighted by molar-refractivity contribution is -0.140. The number of carbonyl (C=O) groups is 2. The Kier molecular flexibility index (Phi) is 4.30. The van der Waals surface area contributed by atoms with Gasteiger partial charge in [0.1, 0.15) is 0 Å². The summed E-state index contributed by atoms with van der Waals surface area (Å²) in [6, 6.07) is -0.141. The second-order valence-corrected chi connectivity index (χ2v) is 3.52. The van der Waals surface area contributed by atoms with Gasteiger partial charge in [-0.3, -0.25) is 9.59 Å². The van der Waals surface area contributed by atoms with Crippen LogP contribution in [0.15, 0.2) is 12.2 Å². The van der Waals surface area contributed by atoms with E-state index in [2.05, 4.69) is 10.6 Å². The van der Waals surface area contributed by atoms with Crippen molar-refractivity contribution in [2.24, 2.45) is 5.92 Å². The van der Waals surface area contributed by atoms with Gasteiger partial charge >= 0.3 is 5.97 Å². The highest BCUT2D eigenvalue weighted by atomic mass is 16.4. The first-order chi connectivity index (χ1) is 7.13. The quantitative estimate of drug-likeness (QED) is 0.549. The van der Waals surface area contributed by atoms with E-state index in [4.69, 9.17) is 5.11 Å². The maximum Gasteiger partial charge on any atom is 0.310 e. The Labute approximate surface area is 88.5 Å². The second-order valence-electron chi connectivity index (χ2n) is 3.52. The van der Waals surface area contributed by atoms with Gasteiger partial charge in [0.25, 0.3) is 0 Å². The molecule has 0 aromatic carbocycles. The fourth-order valence-corrected chi connectivity index (χ4v) is 1.49. The second kappa shape index (κ2) is 5.50. The van der Waals surface area contributed by atoms with Crippen molar-refractivity contribution in [1.29, 1.82) is 0 Å². The molecule has 2 atom stereocenters. The third kappa shape index (κ3) is 3.71. The molecule has 0 fully saturated rings. The van der Waals surface area contributed by atoms with E-state index in [1.807, 2.05) is 6.92 Å². The first-order valence-corrected chi connectivity index (χ1v) is 5.04. The molecule has 1 aliphatic carbocycles. The van der Waals surface area contributed by atoms with E-state index in [0.717, 1.165) is 6.54 Å². The highest BCUT2D eigenvalue weighted by molar-refractivity contribution is 5.79. The van der Waals surface area contributed by atoms with Gasteiger partial charge in [-0.25, -0.2) is 0 Å². The van der Waals surface area contributed by atoms with Crippen molar-refractivity contribution in [2.45, 2.75) is 19.4 Å². The standard InChI is InChI=1S/C10H16N2O3/c1-2-11-6-9(13)12-8-4-3-7(5-8)10(14)15/h3-4,7-8,11H,2,5-6H2,1H3,(H,12,13)(H,14,15). The topological polar surface area (TPSA) is 78.4 Å². The molecule has 0 aromatic heterocycles. The molecule has 0 radical (unpaired) electrons. The predicted octanol–water partition coefficient (Wildman–Crippen LogP) is -0.259. The van der Waals surface area contributed by atoms with E-state index in [0.29, 0.717) is 6.42 Å². The number of carboxylic acids is 1. The van der Waals surface area contributed by atoms with Crippen molar-refractivity contribution < 1.29 is 14.7 Å². The maximum atomic E-state index is 11.3. The SMILES string of the molecule is CCNCC(=O)NC1C=CC(C(=O)O)C1. The van der Waals surface area contributed by atoms with Crippen LogP contribution in [0, 0.1) is 5.92 Å². The summed E-state index contributed by atoms with van der Waals surface area (Å²) in [6.45, 7) is 2.94. The van der Waals surface area contributed by atoms with Crippen molar-refractivity contribution in [3.05, 3.63) is 12.2 Å². The first kappa shape index (κ1) is 11.7. The molecule has 0 aromatic rings. The number of nitrogens with one attached hydrogen (secondary N) is 2. The summed E-state index contributed by atoms with van der Waals surface area (Å²) in [5.74, 6) is -1.40. The molecular formula is C10H16N2O3. The summed E-state index contributed by atoms with van der Waals surface area (Å²) in [6.07, 6.45) is 3.82. The van der Waals surface area contributed by atoms with Gasteiger partial charge < -0.3 is 15.7 Å². The van der Waals surface area contributed by atoms with Crippen LogP contribution in [0.25, 0.3) is 0 Å². The van der Waals surface area contributed by atoms with Gasteiger partial charge in [-0.15, -0.1) is 0 Å². The van der Waals surface area contributed by atoms with E-state index in [1.54, 1.807) is 12.2 Å². The molecule has 1 aliphatic rings. The first-order valence-electron chi connectivity index (χ1n) is 5.04. The lowest BCUT2D eigenvalue weighted by Gasteiger charge is -2.12. The molecule has 1 amide bonds. The molecule has 0 heterocycles. The van der Waals surface area contributed by atoms with E-state index in [1.165, 1.54) is 0 Å². The number of hydrogen-bond acceptors (Lipinski definition) is 3. The summed E-state index contributed by atoms with van der Waals surface area (Å²) in [4.78, 5) is 21.9. The van der Waals surface area contributed by atoms with Crippen molar-refractivity contribution >= 4 is 11.9 Å². The zero-order valence-electron chi connectivity index (χ0n) is 8.69. The number of likely N-dealkylation sites (N-methyl/N-ethyl adjacent to an activating group) is 1. The highest BCUT2D eigenvalue weighted by Gasteiger charge is 2.24. The largest absolute Gasteiger partial charge is 0.481 e. The zero-order valence-corrected chi connectivity index (χ0v) is 8.69. The molecule has 84 valence electrons. The van der Waals surface area contributed by atoms with Gasteiger partial charge in [0.2, 0.25) is 5.91 Å². The van der Waals surface area contributed by atoms with E-state index >= 15 is 0 Å². The number of aliphatic carboxylic acids is 1. The lowest BCUT2D eigenvalue weighted by atomic mass is 10.1. The number of rotatable bonds is 5. The summed E-state index contributed by atoms with van der Waals surface area (Å²) in [5, 5.41) is 14.4. The molecule has 3 N–H and O–H groups in total. The smallest absolute Gasteiger partial charge is 0.310 e. The zero-order chi connectivity index (χ0) is 11.3. The summed E-state index contributed by atoms with van der Waals surface area (Å²) in [7, 11) is 0. The monoisotopic (exact) mass is 212 g/mol. The van der Waals surface area contributed by atoms with E-state index in [9.17, 15) is 9.59 Å². The molecule has 0 aliphatic heterocycles. The van der Waals surface area contributed by atoms with Crippen molar-refractivity contribution in [3.8, 4) is 0 Å². The van der Waals surface area contributed by atoms with Crippen LogP contribution >= 0.6 is 0 Å². The van der Waals surface area contributed by atoms with Crippen molar-refractivity contribution in [1.82, 2.24) is 10.6 Å². The van der Waals surface area contributed by atoms with Gasteiger partial charge in [0.15, 0.2) is 0 Å². The van der Waals surface area contributed by atoms with Crippen LogP contribution in [0.5, 0.6) is 0 Å². The number of hydrogen-bond donors (Lipinski definition) is 3. The summed E-state index contributed by atoms with van der Waals surface area (Å²) >= 11 is 0. The van der Waals surface area contributed by atoms with Crippen LogP contribution in [-0.4, -0.2) is 36.1 Å². The Bertz CT molecular complexity index is 276. The summed E-state index contributed by atoms with van der Waals surface area (Å²) < 4.78 is 0. The van der Waals surface area contributed by atoms with E-state index in [-0.39, 0.29) is 18.5 Å². The molecule has 0 bridgehead atoms. The number of amides is 1. The van der Waals surface area contributed by atoms with Crippen LogP contribution in [0.2, 0.25) is 0 Å². The normalized spacial score (nSPS) is 24.1. The molecule has 0 saturated heterocycles. The van der Waals surface area contributed by atoms with Crippen molar-refractivity contribution in [3.63, 3.8) is 0 Å². The fourth-order valence-electron chi connectivity index (χ4n) is 1.49. The molecular weight excluding hydrogens is 196 g/mol. The van der Waals surface area contributed by atoms with Gasteiger partial charge in [-0.1, -0.05) is 19.1 Å². The maximum absolute atomic E-state index is 11.3. The van der Waals surface area contributed by atoms with Gasteiger partial charge in [-0.2, -0.15) is 0 Å². The Morgan fingerprint density at radius 2 is 2.20 bits per heavy atom. The van der Waals surface area contributed by atoms with Crippen LogP contribution in [-0.2, 0) is 9.59 Å². The minimum atomic E-state index is -0.838. The molecule has 0 saturated carbocycles. The minimum absolute atomic E-state index is 0.0995. The van der Waals surface area contributed by atoms with E-state index < -0.39 is 11.9 Å². The predicted molar refractivity (Wildman–Crippen MR) is 55.4 cm³/mol. The van der Waals surface area contributed by atoms with Crippen LogP contribution in [0.1, 0.15) is 13.3 Å². The Balaban J connectivity index is 2.27.